The molecule has 0 bridgehead atoms. The third-order valence-electron chi connectivity index (χ3n) is 3.50. The molecule has 0 aliphatic heterocycles. The number of thiocarbonyl (C=S) groups is 1. The third-order valence-corrected chi connectivity index (χ3v) is 5.21. The molecule has 2 aromatic carbocycles. The SMILES string of the molecule is CCOc1ccc2nc(NC(=S)NC(=O)/C=C/c3ccc(Cl)cc3Cl)sc2c1. The highest BCUT2D eigenvalue weighted by molar-refractivity contribution is 7.80. The summed E-state index contributed by atoms with van der Waals surface area (Å²) in [5.41, 5.74) is 1.50. The maximum absolute atomic E-state index is 12.1. The normalized spacial score (nSPS) is 11.0. The molecule has 1 heterocycles. The summed E-state index contributed by atoms with van der Waals surface area (Å²) in [5.74, 6) is 0.398. The molecule has 3 rings (SSSR count). The number of hydrogen-bond donors (Lipinski definition) is 2. The van der Waals surface area contributed by atoms with Gasteiger partial charge in [0.25, 0.3) is 0 Å². The quantitative estimate of drug-likeness (QED) is 0.394. The van der Waals surface area contributed by atoms with E-state index in [1.807, 2.05) is 25.1 Å². The molecule has 0 saturated carbocycles. The van der Waals surface area contributed by atoms with Crippen LogP contribution in [0, 0.1) is 0 Å². The average molecular weight is 452 g/mol. The lowest BCUT2D eigenvalue weighted by molar-refractivity contribution is -0.115. The molecule has 3 aromatic rings. The number of halogens is 2. The molecule has 0 atom stereocenters. The van der Waals surface area contributed by atoms with Gasteiger partial charge in [0.05, 0.1) is 16.8 Å². The summed E-state index contributed by atoms with van der Waals surface area (Å²) < 4.78 is 6.44. The Hall–Kier alpha value is -2.19. The second kappa shape index (κ2) is 9.34. The van der Waals surface area contributed by atoms with Crippen molar-refractivity contribution in [1.29, 1.82) is 0 Å². The summed E-state index contributed by atoms with van der Waals surface area (Å²) >= 11 is 18.5. The van der Waals surface area contributed by atoms with E-state index in [0.717, 1.165) is 16.0 Å². The van der Waals surface area contributed by atoms with Crippen LogP contribution in [0.4, 0.5) is 5.13 Å². The van der Waals surface area contributed by atoms with Crippen molar-refractivity contribution in [2.24, 2.45) is 0 Å². The molecule has 0 radical (unpaired) electrons. The lowest BCUT2D eigenvalue weighted by Crippen LogP contribution is -2.32. The van der Waals surface area contributed by atoms with Crippen molar-refractivity contribution in [3.05, 3.63) is 58.1 Å². The Balaban J connectivity index is 1.60. The van der Waals surface area contributed by atoms with Crippen molar-refractivity contribution in [1.82, 2.24) is 10.3 Å². The maximum atomic E-state index is 12.1. The van der Waals surface area contributed by atoms with Crippen LogP contribution in [0.3, 0.4) is 0 Å². The molecular weight excluding hydrogens is 437 g/mol. The van der Waals surface area contributed by atoms with Gasteiger partial charge >= 0.3 is 0 Å². The fourth-order valence-corrected chi connectivity index (χ4v) is 3.93. The van der Waals surface area contributed by atoms with Crippen molar-refractivity contribution in [2.75, 3.05) is 11.9 Å². The van der Waals surface area contributed by atoms with Crippen LogP contribution in [-0.2, 0) is 4.79 Å². The van der Waals surface area contributed by atoms with Gasteiger partial charge in [-0.1, -0.05) is 40.6 Å². The molecule has 144 valence electrons. The first-order chi connectivity index (χ1) is 13.4. The van der Waals surface area contributed by atoms with Gasteiger partial charge in [0.2, 0.25) is 5.91 Å². The van der Waals surface area contributed by atoms with Crippen molar-refractivity contribution >= 4 is 79.2 Å². The van der Waals surface area contributed by atoms with Gasteiger partial charge < -0.3 is 10.1 Å². The van der Waals surface area contributed by atoms with Gasteiger partial charge in [0.1, 0.15) is 5.75 Å². The van der Waals surface area contributed by atoms with E-state index < -0.39 is 0 Å². The number of carbonyl (C=O) groups excluding carboxylic acids is 1. The number of hydrogen-bond acceptors (Lipinski definition) is 5. The minimum Gasteiger partial charge on any atom is -0.494 e. The van der Waals surface area contributed by atoms with Crippen molar-refractivity contribution in [3.8, 4) is 5.75 Å². The predicted octanol–water partition coefficient (Wildman–Crippen LogP) is 5.53. The number of carbonyl (C=O) groups is 1. The van der Waals surface area contributed by atoms with Crippen LogP contribution >= 0.6 is 46.8 Å². The van der Waals surface area contributed by atoms with E-state index in [1.165, 1.54) is 17.4 Å². The zero-order chi connectivity index (χ0) is 20.1. The van der Waals surface area contributed by atoms with Gasteiger partial charge in [0.15, 0.2) is 10.2 Å². The Kier molecular flexibility index (Phi) is 6.85. The lowest BCUT2D eigenvalue weighted by atomic mass is 10.2. The highest BCUT2D eigenvalue weighted by Crippen LogP contribution is 2.29. The minimum absolute atomic E-state index is 0.154. The smallest absolute Gasteiger partial charge is 0.250 e. The van der Waals surface area contributed by atoms with Crippen LogP contribution in [0.2, 0.25) is 10.0 Å². The van der Waals surface area contributed by atoms with Crippen molar-refractivity contribution in [2.45, 2.75) is 6.92 Å². The van der Waals surface area contributed by atoms with Crippen LogP contribution in [-0.4, -0.2) is 22.6 Å². The minimum atomic E-state index is -0.386. The van der Waals surface area contributed by atoms with Gasteiger partial charge in [-0.2, -0.15) is 0 Å². The molecule has 28 heavy (non-hydrogen) atoms. The molecule has 0 aliphatic rings. The molecule has 0 aliphatic carbocycles. The summed E-state index contributed by atoms with van der Waals surface area (Å²) in [7, 11) is 0. The maximum Gasteiger partial charge on any atom is 0.250 e. The zero-order valence-corrected chi connectivity index (χ0v) is 17.8. The highest BCUT2D eigenvalue weighted by Gasteiger charge is 2.08. The second-order valence-electron chi connectivity index (χ2n) is 5.52. The Morgan fingerprint density at radius 1 is 1.29 bits per heavy atom. The average Bonchev–Trinajstić information content (AvgIpc) is 3.02. The topological polar surface area (TPSA) is 63.2 Å². The van der Waals surface area contributed by atoms with E-state index in [9.17, 15) is 4.79 Å². The number of amides is 1. The van der Waals surface area contributed by atoms with Gasteiger partial charge in [-0.25, -0.2) is 4.98 Å². The molecule has 1 amide bonds. The second-order valence-corrected chi connectivity index (χ2v) is 7.81. The standard InChI is InChI=1S/C19H15Cl2N3O2S2/c1-2-26-13-6-7-15-16(10-13)28-19(22-15)24-18(27)23-17(25)8-4-11-3-5-12(20)9-14(11)21/h3-10H,2H2,1H3,(H2,22,23,24,25,27)/b8-4+. The van der Waals surface area contributed by atoms with Crippen LogP contribution in [0.15, 0.2) is 42.5 Å². The molecule has 1 aromatic heterocycles. The van der Waals surface area contributed by atoms with E-state index in [1.54, 1.807) is 24.3 Å². The van der Waals surface area contributed by atoms with Crippen LogP contribution in [0.25, 0.3) is 16.3 Å². The number of fused-ring (bicyclic) bond motifs is 1. The lowest BCUT2D eigenvalue weighted by Gasteiger charge is -2.04. The Morgan fingerprint density at radius 2 is 2.11 bits per heavy atom. The number of aromatic nitrogens is 1. The summed E-state index contributed by atoms with van der Waals surface area (Å²) in [6.45, 7) is 2.53. The number of anilines is 1. The summed E-state index contributed by atoms with van der Waals surface area (Å²) in [6, 6.07) is 10.7. The monoisotopic (exact) mass is 451 g/mol. The Morgan fingerprint density at radius 3 is 2.86 bits per heavy atom. The molecular formula is C19H15Cl2N3O2S2. The van der Waals surface area contributed by atoms with Crippen LogP contribution < -0.4 is 15.4 Å². The Labute approximate surface area is 181 Å². The largest absolute Gasteiger partial charge is 0.494 e. The first-order valence-electron chi connectivity index (χ1n) is 8.23. The predicted molar refractivity (Wildman–Crippen MR) is 121 cm³/mol. The molecule has 2 N–H and O–H groups in total. The first-order valence-corrected chi connectivity index (χ1v) is 10.2. The molecule has 0 fully saturated rings. The molecule has 0 unspecified atom stereocenters. The first kappa shape index (κ1) is 20.5. The number of thiazole rings is 1. The molecule has 9 heteroatoms. The van der Waals surface area contributed by atoms with E-state index >= 15 is 0 Å². The fraction of sp³-hybridized carbons (Fsp3) is 0.105. The summed E-state index contributed by atoms with van der Waals surface area (Å²) in [4.78, 5) is 16.5. The zero-order valence-electron chi connectivity index (χ0n) is 14.7. The number of benzene rings is 2. The van der Waals surface area contributed by atoms with E-state index in [4.69, 9.17) is 40.2 Å². The third kappa shape index (κ3) is 5.42. The molecule has 5 nitrogen and oxygen atoms in total. The fourth-order valence-electron chi connectivity index (χ4n) is 2.30. The van der Waals surface area contributed by atoms with E-state index in [0.29, 0.717) is 27.3 Å². The van der Waals surface area contributed by atoms with Gasteiger partial charge in [-0.05, 0) is 61.1 Å². The summed E-state index contributed by atoms with van der Waals surface area (Å²) in [6.07, 6.45) is 2.93. The highest BCUT2D eigenvalue weighted by atomic mass is 35.5. The number of nitrogens with zero attached hydrogens (tertiary/aromatic N) is 1. The number of ether oxygens (including phenoxy) is 1. The summed E-state index contributed by atoms with van der Waals surface area (Å²) in [5, 5.41) is 7.21. The van der Waals surface area contributed by atoms with Crippen LogP contribution in [0.5, 0.6) is 5.75 Å². The van der Waals surface area contributed by atoms with E-state index in [-0.39, 0.29) is 11.0 Å². The van der Waals surface area contributed by atoms with Crippen molar-refractivity contribution < 1.29 is 9.53 Å². The van der Waals surface area contributed by atoms with Crippen LogP contribution in [0.1, 0.15) is 12.5 Å². The Bertz CT molecular complexity index is 1070. The molecule has 0 spiro atoms. The van der Waals surface area contributed by atoms with Gasteiger partial charge in [0, 0.05) is 16.1 Å². The van der Waals surface area contributed by atoms with Gasteiger partial charge in [-0.3, -0.25) is 10.1 Å². The number of rotatable bonds is 5. The van der Waals surface area contributed by atoms with E-state index in [2.05, 4.69) is 15.6 Å². The number of nitrogens with one attached hydrogen (secondary N) is 2. The van der Waals surface area contributed by atoms with Gasteiger partial charge in [-0.15, -0.1) is 0 Å². The molecule has 0 saturated heterocycles. The van der Waals surface area contributed by atoms with Crippen molar-refractivity contribution in [3.63, 3.8) is 0 Å².